The van der Waals surface area contributed by atoms with Gasteiger partial charge < -0.3 is 24.6 Å². The third kappa shape index (κ3) is 8.45. The quantitative estimate of drug-likeness (QED) is 0.202. The molecular formula is C31H40N8O4S2. The van der Waals surface area contributed by atoms with E-state index in [0.717, 1.165) is 49.9 Å². The Labute approximate surface area is 269 Å². The number of piperazine rings is 1. The number of aryl methyl sites for hydroxylation is 1. The fourth-order valence-electron chi connectivity index (χ4n) is 4.96. The number of H-pyrrole nitrogens is 1. The number of methoxy groups -OCH3 is 2. The van der Waals surface area contributed by atoms with E-state index in [2.05, 4.69) is 44.3 Å². The van der Waals surface area contributed by atoms with E-state index in [4.69, 9.17) is 19.4 Å². The monoisotopic (exact) mass is 652 g/mol. The summed E-state index contributed by atoms with van der Waals surface area (Å²) in [6.07, 6.45) is 0. The molecule has 3 heterocycles. The fraction of sp³-hybridized carbons (Fsp3) is 0.387. The van der Waals surface area contributed by atoms with Crippen LogP contribution in [0.1, 0.15) is 11.3 Å². The molecule has 0 spiro atoms. The largest absolute Gasteiger partial charge is 0.497 e. The number of sulfone groups is 1. The molecule has 0 saturated carbocycles. The molecule has 2 N–H and O–H groups in total. The van der Waals surface area contributed by atoms with Gasteiger partial charge in [-0.2, -0.15) is 5.10 Å². The second-order valence-electron chi connectivity index (χ2n) is 11.1. The Kier molecular flexibility index (Phi) is 10.5. The lowest BCUT2D eigenvalue weighted by Gasteiger charge is -2.36. The van der Waals surface area contributed by atoms with Crippen LogP contribution in [-0.2, 0) is 15.6 Å². The Morgan fingerprint density at radius 1 is 1.00 bits per heavy atom. The third-order valence-electron chi connectivity index (χ3n) is 7.40. The first-order valence-electron chi connectivity index (χ1n) is 14.6. The minimum absolute atomic E-state index is 0.119. The number of hydrogen-bond acceptors (Lipinski definition) is 12. The highest BCUT2D eigenvalue weighted by Gasteiger charge is 2.25. The minimum Gasteiger partial charge on any atom is -0.497 e. The molecule has 45 heavy (non-hydrogen) atoms. The van der Waals surface area contributed by atoms with Crippen molar-refractivity contribution in [3.05, 3.63) is 65.9 Å². The molecule has 0 amide bonds. The molecule has 0 radical (unpaired) electrons. The Morgan fingerprint density at radius 3 is 2.40 bits per heavy atom. The number of hydrogen-bond donors (Lipinski definition) is 2. The van der Waals surface area contributed by atoms with Gasteiger partial charge in [-0.1, -0.05) is 12.1 Å². The van der Waals surface area contributed by atoms with E-state index in [9.17, 15) is 8.42 Å². The molecule has 2 aromatic carbocycles. The molecule has 1 saturated heterocycles. The van der Waals surface area contributed by atoms with Gasteiger partial charge in [0.2, 0.25) is 5.75 Å². The van der Waals surface area contributed by atoms with Crippen LogP contribution in [0.15, 0.2) is 69.5 Å². The second kappa shape index (κ2) is 14.5. The molecule has 0 unspecified atom stereocenters. The molecule has 14 heteroatoms. The predicted octanol–water partition coefficient (Wildman–Crippen LogP) is 4.08. The molecule has 0 atom stereocenters. The van der Waals surface area contributed by atoms with Gasteiger partial charge in [-0.15, -0.1) is 0 Å². The summed E-state index contributed by atoms with van der Waals surface area (Å²) >= 11 is 1.36. The average molecular weight is 653 g/mol. The Hall–Kier alpha value is -3.85. The lowest BCUT2D eigenvalue weighted by molar-refractivity contribution is 0.228. The lowest BCUT2D eigenvalue weighted by atomic mass is 10.2. The molecule has 1 aliphatic heterocycles. The highest BCUT2D eigenvalue weighted by molar-refractivity contribution is 7.99. The van der Waals surface area contributed by atoms with Crippen molar-refractivity contribution in [3.8, 4) is 11.5 Å². The molecule has 0 bridgehead atoms. The van der Waals surface area contributed by atoms with E-state index in [1.54, 1.807) is 62.8 Å². The van der Waals surface area contributed by atoms with Gasteiger partial charge in [0.25, 0.3) is 0 Å². The van der Waals surface area contributed by atoms with Gasteiger partial charge in [-0.3, -0.25) is 10.00 Å². The Morgan fingerprint density at radius 2 is 1.76 bits per heavy atom. The molecule has 1 aliphatic rings. The molecule has 0 aliphatic carbocycles. The number of likely N-dealkylation sites (N-methyl/N-ethyl adjacent to an activating group) is 1. The van der Waals surface area contributed by atoms with Gasteiger partial charge in [0.15, 0.2) is 32.4 Å². The number of ether oxygens (including phenoxy) is 2. The zero-order chi connectivity index (χ0) is 32.0. The SMILES string of the molecule is COc1cccc(CS(=O)(=O)c2ccc(Sc3nc(Nc4cc(C)[nH]n4)c(OC)c(N4CCN(CCN(C)C)CC4)n3)cc2)c1. The van der Waals surface area contributed by atoms with Crippen molar-refractivity contribution in [1.29, 1.82) is 0 Å². The van der Waals surface area contributed by atoms with Crippen molar-refractivity contribution in [3.63, 3.8) is 0 Å². The molecule has 4 aromatic rings. The normalized spacial score (nSPS) is 14.1. The summed E-state index contributed by atoms with van der Waals surface area (Å²) in [6.45, 7) is 7.37. The molecule has 240 valence electrons. The van der Waals surface area contributed by atoms with E-state index in [-0.39, 0.29) is 10.6 Å². The van der Waals surface area contributed by atoms with Crippen molar-refractivity contribution >= 4 is 39.1 Å². The summed E-state index contributed by atoms with van der Waals surface area (Å²) in [5, 5.41) is 11.0. The van der Waals surface area contributed by atoms with Gasteiger partial charge in [0, 0.05) is 55.9 Å². The highest BCUT2D eigenvalue weighted by atomic mass is 32.2. The maximum atomic E-state index is 13.2. The predicted molar refractivity (Wildman–Crippen MR) is 177 cm³/mol. The zero-order valence-corrected chi connectivity index (χ0v) is 27.9. The van der Waals surface area contributed by atoms with Crippen LogP contribution in [0.5, 0.6) is 11.5 Å². The summed E-state index contributed by atoms with van der Waals surface area (Å²) in [6, 6.07) is 15.8. The van der Waals surface area contributed by atoms with E-state index in [0.29, 0.717) is 39.7 Å². The lowest BCUT2D eigenvalue weighted by Crippen LogP contribution is -2.48. The van der Waals surface area contributed by atoms with Gasteiger partial charge in [0.1, 0.15) is 5.75 Å². The van der Waals surface area contributed by atoms with E-state index in [1.165, 1.54) is 11.8 Å². The first-order chi connectivity index (χ1) is 21.6. The van der Waals surface area contributed by atoms with Crippen LogP contribution in [0.25, 0.3) is 0 Å². The van der Waals surface area contributed by atoms with Crippen LogP contribution in [0, 0.1) is 6.92 Å². The smallest absolute Gasteiger partial charge is 0.204 e. The molecule has 12 nitrogen and oxygen atoms in total. The number of aromatic amines is 1. The molecular weight excluding hydrogens is 613 g/mol. The van der Waals surface area contributed by atoms with E-state index in [1.807, 2.05) is 13.0 Å². The summed E-state index contributed by atoms with van der Waals surface area (Å²) in [4.78, 5) is 17.7. The number of anilines is 3. The van der Waals surface area contributed by atoms with Crippen LogP contribution >= 0.6 is 11.8 Å². The standard InChI is InChI=1S/C31H40N8O4S2/c1-22-19-27(36-35-22)32-29-28(43-5)30(39-17-15-38(16-18-39)14-13-37(2)3)34-31(33-29)44-25-9-11-26(12-10-25)45(40,41)21-23-7-6-8-24(20-23)42-4/h6-12,19-20H,13-18,21H2,1-5H3,(H2,32,33,34,35,36). The van der Waals surface area contributed by atoms with Crippen LogP contribution in [0.2, 0.25) is 0 Å². The Balaban J connectivity index is 1.38. The second-order valence-corrected chi connectivity index (χ2v) is 14.1. The van der Waals surface area contributed by atoms with Crippen LogP contribution < -0.4 is 19.7 Å². The van der Waals surface area contributed by atoms with Crippen molar-refractivity contribution in [1.82, 2.24) is 30.0 Å². The summed E-state index contributed by atoms with van der Waals surface area (Å²) in [7, 11) is 3.80. The van der Waals surface area contributed by atoms with Crippen molar-refractivity contribution < 1.29 is 17.9 Å². The van der Waals surface area contributed by atoms with Gasteiger partial charge in [-0.05, 0) is 74.7 Å². The Bertz CT molecular complexity index is 1690. The fourth-order valence-corrected chi connectivity index (χ4v) is 7.05. The maximum Gasteiger partial charge on any atom is 0.204 e. The number of aromatic nitrogens is 4. The van der Waals surface area contributed by atoms with E-state index < -0.39 is 9.84 Å². The topological polar surface area (TPSA) is 129 Å². The van der Waals surface area contributed by atoms with Gasteiger partial charge >= 0.3 is 0 Å². The number of rotatable bonds is 13. The van der Waals surface area contributed by atoms with Crippen molar-refractivity contribution in [2.75, 3.05) is 77.8 Å². The van der Waals surface area contributed by atoms with Crippen molar-refractivity contribution in [2.24, 2.45) is 0 Å². The third-order valence-corrected chi connectivity index (χ3v) is 9.98. The first kappa shape index (κ1) is 32.5. The summed E-state index contributed by atoms with van der Waals surface area (Å²) in [5.41, 5.74) is 1.58. The minimum atomic E-state index is -3.56. The van der Waals surface area contributed by atoms with Crippen LogP contribution in [0.4, 0.5) is 17.5 Å². The average Bonchev–Trinajstić information content (AvgIpc) is 3.44. The summed E-state index contributed by atoms with van der Waals surface area (Å²) in [5.74, 6) is 2.87. The number of nitrogens with zero attached hydrogens (tertiary/aromatic N) is 6. The molecule has 2 aromatic heterocycles. The van der Waals surface area contributed by atoms with Gasteiger partial charge in [0.05, 0.1) is 24.9 Å². The zero-order valence-electron chi connectivity index (χ0n) is 26.3. The molecule has 1 fully saturated rings. The van der Waals surface area contributed by atoms with Gasteiger partial charge in [-0.25, -0.2) is 18.4 Å². The number of nitrogens with one attached hydrogen (secondary N) is 2. The summed E-state index contributed by atoms with van der Waals surface area (Å²) < 4.78 is 37.4. The van der Waals surface area contributed by atoms with Crippen molar-refractivity contribution in [2.45, 2.75) is 27.6 Å². The van der Waals surface area contributed by atoms with Crippen LogP contribution in [0.3, 0.4) is 0 Å². The van der Waals surface area contributed by atoms with Crippen LogP contribution in [-0.4, -0.2) is 106 Å². The number of benzene rings is 2. The maximum absolute atomic E-state index is 13.2. The van der Waals surface area contributed by atoms with E-state index >= 15 is 0 Å². The molecule has 5 rings (SSSR count). The first-order valence-corrected chi connectivity index (χ1v) is 17.1. The highest BCUT2D eigenvalue weighted by Crippen LogP contribution is 2.38.